The zero-order chi connectivity index (χ0) is 34.6. The minimum Gasteiger partial charge on any atom is -0.453 e. The smallest absolute Gasteiger partial charge is 0.407 e. The molecule has 2 aliphatic heterocycles. The highest BCUT2D eigenvalue weighted by Gasteiger charge is 2.37. The molecule has 3 aromatic carbocycles. The van der Waals surface area contributed by atoms with Crippen LogP contribution >= 0.6 is 11.8 Å². The van der Waals surface area contributed by atoms with E-state index in [0.717, 1.165) is 80.9 Å². The quantitative estimate of drug-likeness (QED) is 0.118. The van der Waals surface area contributed by atoms with E-state index < -0.39 is 12.1 Å². The summed E-state index contributed by atoms with van der Waals surface area (Å²) in [5, 5.41) is 6.23. The first-order valence-electron chi connectivity index (χ1n) is 17.3. The molecule has 7 rings (SSSR count). The first kappa shape index (κ1) is 33.6. The molecule has 4 heterocycles. The average molecular weight is 690 g/mol. The Morgan fingerprint density at radius 3 is 2.30 bits per heavy atom. The number of ether oxygens (including phenoxy) is 1. The normalized spacial score (nSPS) is 18.0. The lowest BCUT2D eigenvalue weighted by atomic mass is 10.0. The van der Waals surface area contributed by atoms with Gasteiger partial charge in [0.15, 0.2) is 0 Å². The number of alkyl carbamates (subject to hydrolysis) is 1. The van der Waals surface area contributed by atoms with Gasteiger partial charge in [-0.2, -0.15) is 0 Å². The SMILES string of the molecule is COC(=O)N[C@H](C(=O)N1CCC[C@H]1c1ncc(-c2ccc(-c3ccc(-c4cnc(C5CCCN5)[nH]4)cc3)c(Sc3ccccc3)c2)[nH]1)C(C)C. The Hall–Kier alpha value is -4.87. The standard InChI is InChI=1S/C39H43N7O3S/c1-24(2)35(45-39(48)49-3)38(47)46-20-8-12-33(46)37-42-23-32(44-37)27-17-18-29(34(21-27)50-28-9-5-4-6-10-28)25-13-15-26(16-14-25)31-22-41-36(43-31)30-11-7-19-40-30/h4-6,9-10,13-18,21-24,30,33,35,40H,7-8,11-12,19-20H2,1-3H3,(H,41,43)(H,42,44)(H,45,48)/t30?,33-,35-/m0/s1. The summed E-state index contributed by atoms with van der Waals surface area (Å²) in [5.41, 5.74) is 6.28. The third-order valence-corrected chi connectivity index (χ3v) is 10.7. The predicted molar refractivity (Wildman–Crippen MR) is 195 cm³/mol. The molecule has 3 atom stereocenters. The molecule has 2 aliphatic rings. The van der Waals surface area contributed by atoms with Gasteiger partial charge >= 0.3 is 6.09 Å². The number of H-pyrrole nitrogens is 2. The second kappa shape index (κ2) is 14.9. The van der Waals surface area contributed by atoms with Crippen LogP contribution in [-0.4, -0.2) is 63.1 Å². The van der Waals surface area contributed by atoms with Crippen LogP contribution in [0.15, 0.2) is 95.0 Å². The van der Waals surface area contributed by atoms with Gasteiger partial charge in [-0.15, -0.1) is 0 Å². The highest BCUT2D eigenvalue weighted by molar-refractivity contribution is 7.99. The monoisotopic (exact) mass is 689 g/mol. The zero-order valence-corrected chi connectivity index (χ0v) is 29.4. The topological polar surface area (TPSA) is 128 Å². The van der Waals surface area contributed by atoms with Crippen molar-refractivity contribution in [1.82, 2.24) is 35.5 Å². The van der Waals surface area contributed by atoms with Crippen molar-refractivity contribution in [3.63, 3.8) is 0 Å². The van der Waals surface area contributed by atoms with Crippen LogP contribution in [0.25, 0.3) is 33.6 Å². The summed E-state index contributed by atoms with van der Waals surface area (Å²) in [4.78, 5) is 46.2. The van der Waals surface area contributed by atoms with Crippen molar-refractivity contribution in [3.05, 3.63) is 96.8 Å². The number of carbonyl (C=O) groups is 2. The molecular weight excluding hydrogens is 647 g/mol. The summed E-state index contributed by atoms with van der Waals surface area (Å²) in [6.07, 6.45) is 7.11. The van der Waals surface area contributed by atoms with Crippen molar-refractivity contribution >= 4 is 23.8 Å². The molecule has 0 bridgehead atoms. The van der Waals surface area contributed by atoms with Crippen molar-refractivity contribution < 1.29 is 14.3 Å². The maximum atomic E-state index is 13.7. The van der Waals surface area contributed by atoms with E-state index in [2.05, 4.69) is 92.3 Å². The Kier molecular flexibility index (Phi) is 10.0. The Morgan fingerprint density at radius 1 is 0.880 bits per heavy atom. The lowest BCUT2D eigenvalue weighted by Crippen LogP contribution is -2.51. The number of hydrogen-bond acceptors (Lipinski definition) is 7. The molecule has 0 radical (unpaired) electrons. The molecule has 0 aliphatic carbocycles. The van der Waals surface area contributed by atoms with Crippen LogP contribution in [0, 0.1) is 5.92 Å². The Balaban J connectivity index is 1.15. The molecule has 10 nitrogen and oxygen atoms in total. The molecule has 258 valence electrons. The molecule has 0 spiro atoms. The van der Waals surface area contributed by atoms with Gasteiger partial charge in [-0.3, -0.25) is 4.79 Å². The number of methoxy groups -OCH3 is 1. The lowest BCUT2D eigenvalue weighted by molar-refractivity contribution is -0.135. The molecule has 5 aromatic rings. The molecule has 50 heavy (non-hydrogen) atoms. The van der Waals surface area contributed by atoms with Gasteiger partial charge in [0.1, 0.15) is 17.7 Å². The molecule has 2 aromatic heterocycles. The summed E-state index contributed by atoms with van der Waals surface area (Å²) in [6.45, 7) is 5.48. The van der Waals surface area contributed by atoms with E-state index in [0.29, 0.717) is 12.6 Å². The number of aromatic nitrogens is 4. The number of carbonyl (C=O) groups excluding carboxylic acids is 2. The third-order valence-electron chi connectivity index (χ3n) is 9.59. The molecule has 4 N–H and O–H groups in total. The van der Waals surface area contributed by atoms with Gasteiger partial charge in [-0.1, -0.05) is 80.2 Å². The van der Waals surface area contributed by atoms with Crippen LogP contribution in [0.1, 0.15) is 63.3 Å². The fourth-order valence-corrected chi connectivity index (χ4v) is 7.91. The first-order chi connectivity index (χ1) is 24.4. The van der Waals surface area contributed by atoms with Crippen molar-refractivity contribution in [2.45, 2.75) is 67.4 Å². The molecule has 2 amide bonds. The fourth-order valence-electron chi connectivity index (χ4n) is 6.88. The second-order valence-electron chi connectivity index (χ2n) is 13.3. The second-order valence-corrected chi connectivity index (χ2v) is 14.4. The molecule has 0 saturated carbocycles. The zero-order valence-electron chi connectivity index (χ0n) is 28.6. The summed E-state index contributed by atoms with van der Waals surface area (Å²) >= 11 is 1.73. The van der Waals surface area contributed by atoms with E-state index in [-0.39, 0.29) is 17.9 Å². The van der Waals surface area contributed by atoms with Gasteiger partial charge in [0.2, 0.25) is 5.91 Å². The number of rotatable bonds is 10. The van der Waals surface area contributed by atoms with E-state index in [9.17, 15) is 9.59 Å². The number of amides is 2. The maximum absolute atomic E-state index is 13.7. The van der Waals surface area contributed by atoms with E-state index in [1.165, 1.54) is 13.5 Å². The number of imidazole rings is 2. The van der Waals surface area contributed by atoms with Crippen molar-refractivity contribution in [3.8, 4) is 33.6 Å². The van der Waals surface area contributed by atoms with Crippen molar-refractivity contribution in [2.75, 3.05) is 20.2 Å². The highest BCUT2D eigenvalue weighted by Crippen LogP contribution is 2.40. The van der Waals surface area contributed by atoms with Crippen molar-refractivity contribution in [1.29, 1.82) is 0 Å². The molecular formula is C39H43N7O3S. The summed E-state index contributed by atoms with van der Waals surface area (Å²) in [6, 6.07) is 25.0. The summed E-state index contributed by atoms with van der Waals surface area (Å²) < 4.78 is 4.78. The van der Waals surface area contributed by atoms with Crippen molar-refractivity contribution in [2.24, 2.45) is 5.92 Å². The van der Waals surface area contributed by atoms with Gasteiger partial charge < -0.3 is 30.2 Å². The van der Waals surface area contributed by atoms with E-state index in [1.54, 1.807) is 11.8 Å². The van der Waals surface area contributed by atoms with Gasteiger partial charge in [0.05, 0.1) is 43.0 Å². The van der Waals surface area contributed by atoms with E-state index in [4.69, 9.17) is 9.72 Å². The maximum Gasteiger partial charge on any atom is 0.407 e. The molecule has 1 unspecified atom stereocenters. The number of likely N-dealkylation sites (tertiary alicyclic amines) is 1. The largest absolute Gasteiger partial charge is 0.453 e. The fraction of sp³-hybridized carbons (Fsp3) is 0.333. The van der Waals surface area contributed by atoms with Crippen LogP contribution in [-0.2, 0) is 9.53 Å². The number of nitrogens with one attached hydrogen (secondary N) is 4. The predicted octanol–water partition coefficient (Wildman–Crippen LogP) is 7.75. The Labute approximate surface area is 296 Å². The lowest BCUT2D eigenvalue weighted by Gasteiger charge is -2.30. The Bertz CT molecular complexity index is 1930. The number of nitrogens with zero attached hydrogens (tertiary/aromatic N) is 3. The van der Waals surface area contributed by atoms with Crippen LogP contribution in [0.5, 0.6) is 0 Å². The molecule has 11 heteroatoms. The van der Waals surface area contributed by atoms with Crippen LogP contribution in [0.4, 0.5) is 4.79 Å². The minimum absolute atomic E-state index is 0.0947. The molecule has 2 saturated heterocycles. The molecule has 2 fully saturated rings. The van der Waals surface area contributed by atoms with Crippen LogP contribution in [0.2, 0.25) is 0 Å². The van der Waals surface area contributed by atoms with Gasteiger partial charge in [0, 0.05) is 21.9 Å². The van der Waals surface area contributed by atoms with Gasteiger partial charge in [-0.05, 0) is 73.0 Å². The van der Waals surface area contributed by atoms with Gasteiger partial charge in [-0.25, -0.2) is 14.8 Å². The summed E-state index contributed by atoms with van der Waals surface area (Å²) in [7, 11) is 1.30. The minimum atomic E-state index is -0.678. The van der Waals surface area contributed by atoms with Crippen LogP contribution < -0.4 is 10.6 Å². The Morgan fingerprint density at radius 2 is 1.58 bits per heavy atom. The number of hydrogen-bond donors (Lipinski definition) is 4. The average Bonchev–Trinajstić information content (AvgIpc) is 3.98. The van der Waals surface area contributed by atoms with E-state index >= 15 is 0 Å². The first-order valence-corrected chi connectivity index (χ1v) is 18.2. The van der Waals surface area contributed by atoms with Crippen LogP contribution in [0.3, 0.4) is 0 Å². The summed E-state index contributed by atoms with van der Waals surface area (Å²) in [5.74, 6) is 1.53. The van der Waals surface area contributed by atoms with Gasteiger partial charge in [0.25, 0.3) is 0 Å². The number of aromatic amines is 2. The number of benzene rings is 3. The third kappa shape index (κ3) is 7.20. The van der Waals surface area contributed by atoms with E-state index in [1.807, 2.05) is 37.2 Å². The highest BCUT2D eigenvalue weighted by atomic mass is 32.2.